The molecule has 94 valence electrons. The van der Waals surface area contributed by atoms with Crippen LogP contribution in [0.15, 0.2) is 16.5 Å². The Balaban J connectivity index is 1.85. The summed E-state index contributed by atoms with van der Waals surface area (Å²) in [6.07, 6.45) is 2.71. The van der Waals surface area contributed by atoms with Crippen molar-refractivity contribution in [1.82, 2.24) is 19.9 Å². The van der Waals surface area contributed by atoms with Crippen LogP contribution in [-0.2, 0) is 19.5 Å². The molecular weight excluding hydrogens is 268 g/mol. The van der Waals surface area contributed by atoms with Crippen molar-refractivity contribution in [3.63, 3.8) is 0 Å². The molecule has 0 atom stereocenters. The average Bonchev–Trinajstić information content (AvgIpc) is 2.83. The summed E-state index contributed by atoms with van der Waals surface area (Å²) in [5.41, 5.74) is 3.54. The quantitative estimate of drug-likeness (QED) is 0.817. The monoisotopic (exact) mass is 280 g/mol. The van der Waals surface area contributed by atoms with Crippen LogP contribution >= 0.6 is 23.6 Å². The third kappa shape index (κ3) is 2.29. The van der Waals surface area contributed by atoms with E-state index < -0.39 is 0 Å². The minimum absolute atomic E-state index is 0.0669. The fourth-order valence-electron chi connectivity index (χ4n) is 2.19. The minimum Gasteiger partial charge on any atom is -0.335 e. The van der Waals surface area contributed by atoms with Gasteiger partial charge in [-0.1, -0.05) is 0 Å². The summed E-state index contributed by atoms with van der Waals surface area (Å²) in [4.78, 5) is 25.1. The maximum Gasteiger partial charge on any atom is 0.256 e. The van der Waals surface area contributed by atoms with Crippen molar-refractivity contribution in [3.8, 4) is 0 Å². The lowest BCUT2D eigenvalue weighted by Crippen LogP contribution is -2.35. The molecule has 1 aliphatic heterocycles. The number of nitrogens with one attached hydrogen (secondary N) is 2. The van der Waals surface area contributed by atoms with Gasteiger partial charge in [-0.3, -0.25) is 19.7 Å². The molecule has 0 aliphatic carbocycles. The highest BCUT2D eigenvalue weighted by Crippen LogP contribution is 2.17. The Kier molecular flexibility index (Phi) is 3.11. The number of rotatable bonds is 2. The Labute approximate surface area is 113 Å². The van der Waals surface area contributed by atoms with Crippen molar-refractivity contribution in [3.05, 3.63) is 43.0 Å². The maximum atomic E-state index is 11.9. The fraction of sp³-hybridized carbons (Fsp3) is 0.364. The molecule has 2 aromatic rings. The van der Waals surface area contributed by atoms with Crippen molar-refractivity contribution in [1.29, 1.82) is 0 Å². The Morgan fingerprint density at radius 2 is 2.39 bits per heavy atom. The number of hydrogen-bond donors (Lipinski definition) is 2. The van der Waals surface area contributed by atoms with E-state index >= 15 is 0 Å². The van der Waals surface area contributed by atoms with Gasteiger partial charge in [-0.2, -0.15) is 0 Å². The zero-order valence-electron chi connectivity index (χ0n) is 9.60. The van der Waals surface area contributed by atoms with Gasteiger partial charge in [0.15, 0.2) is 4.77 Å². The van der Waals surface area contributed by atoms with Crippen molar-refractivity contribution < 1.29 is 0 Å². The van der Waals surface area contributed by atoms with Crippen molar-refractivity contribution >= 4 is 23.6 Å². The van der Waals surface area contributed by atoms with E-state index in [-0.39, 0.29) is 5.56 Å². The second-order valence-corrected chi connectivity index (χ2v) is 5.67. The lowest BCUT2D eigenvalue weighted by molar-refractivity contribution is 0.243. The van der Waals surface area contributed by atoms with E-state index in [1.165, 1.54) is 4.88 Å². The SMILES string of the molecule is O=c1[nH]c(=S)[nH]c2c1CN(Cc1cncs1)CC2. The molecule has 0 saturated heterocycles. The van der Waals surface area contributed by atoms with E-state index in [9.17, 15) is 4.79 Å². The van der Waals surface area contributed by atoms with Crippen LogP contribution in [0, 0.1) is 4.77 Å². The second-order valence-electron chi connectivity index (χ2n) is 4.29. The first kappa shape index (κ1) is 11.8. The van der Waals surface area contributed by atoms with Gasteiger partial charge in [-0.05, 0) is 12.2 Å². The molecule has 0 radical (unpaired) electrons. The molecule has 5 nitrogen and oxygen atoms in total. The van der Waals surface area contributed by atoms with E-state index in [0.717, 1.165) is 30.8 Å². The topological polar surface area (TPSA) is 64.8 Å². The number of thiazole rings is 1. The Hall–Kier alpha value is -1.31. The van der Waals surface area contributed by atoms with Crippen LogP contribution in [0.5, 0.6) is 0 Å². The number of aromatic nitrogens is 3. The molecule has 2 aromatic heterocycles. The molecule has 0 amide bonds. The van der Waals surface area contributed by atoms with Gasteiger partial charge in [0.2, 0.25) is 0 Å². The Morgan fingerprint density at radius 3 is 3.17 bits per heavy atom. The van der Waals surface area contributed by atoms with E-state index in [1.54, 1.807) is 11.3 Å². The average molecular weight is 280 g/mol. The van der Waals surface area contributed by atoms with Crippen LogP contribution in [0.2, 0.25) is 0 Å². The predicted molar refractivity (Wildman–Crippen MR) is 72.2 cm³/mol. The molecule has 3 rings (SSSR count). The number of H-pyrrole nitrogens is 2. The summed E-state index contributed by atoms with van der Waals surface area (Å²) in [6, 6.07) is 0. The van der Waals surface area contributed by atoms with Gasteiger partial charge >= 0.3 is 0 Å². The van der Waals surface area contributed by atoms with Crippen LogP contribution < -0.4 is 5.56 Å². The van der Waals surface area contributed by atoms with Crippen molar-refractivity contribution in [2.24, 2.45) is 0 Å². The van der Waals surface area contributed by atoms with E-state index in [0.29, 0.717) is 11.3 Å². The van der Waals surface area contributed by atoms with E-state index in [1.807, 2.05) is 11.7 Å². The molecule has 0 fully saturated rings. The summed E-state index contributed by atoms with van der Waals surface area (Å²) in [7, 11) is 0. The molecular formula is C11H12N4OS2. The Bertz CT molecular complexity index is 658. The molecule has 0 bridgehead atoms. The van der Waals surface area contributed by atoms with Gasteiger partial charge in [0.25, 0.3) is 5.56 Å². The molecule has 0 unspecified atom stereocenters. The summed E-state index contributed by atoms with van der Waals surface area (Å²) >= 11 is 6.62. The first-order valence-electron chi connectivity index (χ1n) is 5.66. The molecule has 1 aliphatic rings. The summed E-state index contributed by atoms with van der Waals surface area (Å²) < 4.78 is 0.412. The highest BCUT2D eigenvalue weighted by molar-refractivity contribution is 7.71. The smallest absolute Gasteiger partial charge is 0.256 e. The van der Waals surface area contributed by atoms with Crippen LogP contribution in [0.3, 0.4) is 0 Å². The van der Waals surface area contributed by atoms with Crippen molar-refractivity contribution in [2.75, 3.05) is 6.54 Å². The van der Waals surface area contributed by atoms with Crippen LogP contribution in [0.1, 0.15) is 16.1 Å². The predicted octanol–water partition coefficient (Wildman–Crippen LogP) is 1.45. The summed E-state index contributed by atoms with van der Waals surface area (Å²) in [6.45, 7) is 2.44. The van der Waals surface area contributed by atoms with Gasteiger partial charge in [0, 0.05) is 42.8 Å². The molecule has 0 saturated carbocycles. The number of nitrogens with zero attached hydrogens (tertiary/aromatic N) is 2. The molecule has 3 heterocycles. The van der Waals surface area contributed by atoms with Crippen LogP contribution in [0.4, 0.5) is 0 Å². The fourth-order valence-corrected chi connectivity index (χ4v) is 3.04. The summed E-state index contributed by atoms with van der Waals surface area (Å²) in [5, 5.41) is 0. The standard InChI is InChI=1S/C11H12N4OS2/c16-10-8-5-15(4-7-3-12-6-18-7)2-1-9(8)13-11(17)14-10/h3,6H,1-2,4-5H2,(H2,13,14,16,17). The minimum atomic E-state index is -0.0669. The first-order valence-corrected chi connectivity index (χ1v) is 6.95. The molecule has 0 aromatic carbocycles. The summed E-state index contributed by atoms with van der Waals surface area (Å²) in [5.74, 6) is 0. The highest BCUT2D eigenvalue weighted by atomic mass is 32.1. The third-order valence-electron chi connectivity index (χ3n) is 3.05. The molecule has 7 heteroatoms. The first-order chi connectivity index (χ1) is 8.72. The molecule has 0 spiro atoms. The van der Waals surface area contributed by atoms with Crippen LogP contribution in [-0.4, -0.2) is 26.4 Å². The number of fused-ring (bicyclic) bond motifs is 1. The van der Waals surface area contributed by atoms with Gasteiger partial charge in [-0.25, -0.2) is 0 Å². The molecule has 18 heavy (non-hydrogen) atoms. The Morgan fingerprint density at radius 1 is 1.50 bits per heavy atom. The second kappa shape index (κ2) is 4.75. The van der Waals surface area contributed by atoms with E-state index in [4.69, 9.17) is 12.2 Å². The zero-order valence-corrected chi connectivity index (χ0v) is 11.2. The largest absolute Gasteiger partial charge is 0.335 e. The van der Waals surface area contributed by atoms with Gasteiger partial charge < -0.3 is 4.98 Å². The van der Waals surface area contributed by atoms with Crippen molar-refractivity contribution in [2.45, 2.75) is 19.5 Å². The highest BCUT2D eigenvalue weighted by Gasteiger charge is 2.19. The number of aromatic amines is 2. The zero-order chi connectivity index (χ0) is 12.5. The van der Waals surface area contributed by atoms with Crippen LogP contribution in [0.25, 0.3) is 0 Å². The van der Waals surface area contributed by atoms with Gasteiger partial charge in [0.1, 0.15) is 0 Å². The van der Waals surface area contributed by atoms with Gasteiger partial charge in [0.05, 0.1) is 11.1 Å². The normalized spacial score (nSPS) is 15.6. The lowest BCUT2D eigenvalue weighted by atomic mass is 10.1. The van der Waals surface area contributed by atoms with Gasteiger partial charge in [-0.15, -0.1) is 11.3 Å². The molecule has 2 N–H and O–H groups in total. The lowest BCUT2D eigenvalue weighted by Gasteiger charge is -2.27. The van der Waals surface area contributed by atoms with E-state index in [2.05, 4.69) is 19.9 Å². The maximum absolute atomic E-state index is 11.9. The number of hydrogen-bond acceptors (Lipinski definition) is 5. The third-order valence-corrected chi connectivity index (χ3v) is 4.02.